The maximum Gasteiger partial charge on any atom is 0.245 e. The molecule has 0 heterocycles. The van der Waals surface area contributed by atoms with Gasteiger partial charge in [-0.2, -0.15) is 0 Å². The Labute approximate surface area is 142 Å². The van der Waals surface area contributed by atoms with Gasteiger partial charge in [-0.05, 0) is 18.2 Å². The highest BCUT2D eigenvalue weighted by Crippen LogP contribution is 1.98. The normalized spacial score (nSPS) is 10.2. The molecule has 134 valence electrons. The van der Waals surface area contributed by atoms with E-state index in [1.165, 1.54) is 12.2 Å². The lowest BCUT2D eigenvalue weighted by molar-refractivity contribution is -0.122. The Morgan fingerprint density at radius 3 is 1.79 bits per heavy atom. The molecule has 24 heavy (non-hydrogen) atoms. The molecule has 0 aromatic heterocycles. The summed E-state index contributed by atoms with van der Waals surface area (Å²) < 4.78 is 16.2. The molecule has 0 rings (SSSR count). The van der Waals surface area contributed by atoms with Crippen LogP contribution in [0, 0.1) is 0 Å². The van der Waals surface area contributed by atoms with Crippen molar-refractivity contribution >= 4 is 17.5 Å². The van der Waals surface area contributed by atoms with E-state index in [-0.39, 0.29) is 63.5 Å². The van der Waals surface area contributed by atoms with Crippen LogP contribution in [0.3, 0.4) is 0 Å². The van der Waals surface area contributed by atoms with Gasteiger partial charge >= 0.3 is 0 Å². The molecule has 0 aromatic rings. The second kappa shape index (κ2) is 14.5. The summed E-state index contributed by atoms with van der Waals surface area (Å²) >= 11 is 0. The second-order valence-corrected chi connectivity index (χ2v) is 4.67. The Hall–Kier alpha value is -2.09. The maximum absolute atomic E-state index is 11.1. The molecule has 0 saturated carbocycles. The fraction of sp³-hybridized carbons (Fsp3) is 0.471. The molecule has 1 N–H and O–H groups in total. The standard InChI is InChI=1S/C17H25NO6/c1-4-14(19)7-9-22-11-16(24-13-18-17(21)6-3)12-23-10-8-15(20)5-2/h4-6,16H,1-3,7-13H2,(H,18,21). The highest BCUT2D eigenvalue weighted by Gasteiger charge is 2.11. The molecule has 0 fully saturated rings. The third-order valence-electron chi connectivity index (χ3n) is 2.80. The van der Waals surface area contributed by atoms with Gasteiger partial charge in [0.2, 0.25) is 5.91 Å². The molecule has 0 radical (unpaired) electrons. The summed E-state index contributed by atoms with van der Waals surface area (Å²) in [5.41, 5.74) is 0. The summed E-state index contributed by atoms with van der Waals surface area (Å²) in [6.45, 7) is 10.9. The number of amides is 1. The quantitative estimate of drug-likeness (QED) is 0.256. The van der Waals surface area contributed by atoms with Crippen LogP contribution >= 0.6 is 0 Å². The van der Waals surface area contributed by atoms with Crippen molar-refractivity contribution in [3.8, 4) is 0 Å². The number of nitrogens with one attached hydrogen (secondary N) is 1. The molecule has 0 spiro atoms. The number of hydrogen-bond donors (Lipinski definition) is 1. The van der Waals surface area contributed by atoms with Crippen molar-refractivity contribution in [1.29, 1.82) is 0 Å². The first-order chi connectivity index (χ1) is 11.5. The number of rotatable bonds is 16. The van der Waals surface area contributed by atoms with E-state index in [1.54, 1.807) is 0 Å². The van der Waals surface area contributed by atoms with Crippen LogP contribution in [0.2, 0.25) is 0 Å². The first-order valence-corrected chi connectivity index (χ1v) is 7.51. The maximum atomic E-state index is 11.1. The first kappa shape index (κ1) is 21.9. The van der Waals surface area contributed by atoms with E-state index in [4.69, 9.17) is 14.2 Å². The zero-order valence-electron chi connectivity index (χ0n) is 13.8. The van der Waals surface area contributed by atoms with Gasteiger partial charge in [-0.15, -0.1) is 0 Å². The van der Waals surface area contributed by atoms with Crippen molar-refractivity contribution in [2.24, 2.45) is 0 Å². The largest absolute Gasteiger partial charge is 0.378 e. The molecule has 0 unspecified atom stereocenters. The van der Waals surface area contributed by atoms with Crippen LogP contribution in [-0.4, -0.2) is 56.7 Å². The predicted molar refractivity (Wildman–Crippen MR) is 89.4 cm³/mol. The molecule has 7 nitrogen and oxygen atoms in total. The highest BCUT2D eigenvalue weighted by atomic mass is 16.6. The van der Waals surface area contributed by atoms with Crippen LogP contribution in [0.1, 0.15) is 12.8 Å². The number of carbonyl (C=O) groups excluding carboxylic acids is 3. The van der Waals surface area contributed by atoms with Gasteiger partial charge in [-0.1, -0.05) is 19.7 Å². The van der Waals surface area contributed by atoms with E-state index in [2.05, 4.69) is 25.1 Å². The van der Waals surface area contributed by atoms with E-state index in [0.717, 1.165) is 6.08 Å². The molecule has 0 aliphatic heterocycles. The Morgan fingerprint density at radius 2 is 1.38 bits per heavy atom. The topological polar surface area (TPSA) is 90.9 Å². The van der Waals surface area contributed by atoms with Crippen molar-refractivity contribution in [2.75, 3.05) is 33.2 Å². The first-order valence-electron chi connectivity index (χ1n) is 7.51. The highest BCUT2D eigenvalue weighted by molar-refractivity contribution is 5.89. The summed E-state index contributed by atoms with van der Waals surface area (Å²) in [5, 5.41) is 2.47. The molecule has 0 aliphatic carbocycles. The van der Waals surface area contributed by atoms with Gasteiger partial charge in [-0.3, -0.25) is 14.4 Å². The molecular weight excluding hydrogens is 314 g/mol. The summed E-state index contributed by atoms with van der Waals surface area (Å²) in [7, 11) is 0. The van der Waals surface area contributed by atoms with Gasteiger partial charge in [0.15, 0.2) is 11.6 Å². The molecular formula is C17H25NO6. The van der Waals surface area contributed by atoms with E-state index in [9.17, 15) is 14.4 Å². The van der Waals surface area contributed by atoms with E-state index in [1.807, 2.05) is 0 Å². The van der Waals surface area contributed by atoms with Crippen molar-refractivity contribution < 1.29 is 28.6 Å². The Balaban J connectivity index is 4.11. The van der Waals surface area contributed by atoms with Crippen LogP contribution in [0.4, 0.5) is 0 Å². The number of ketones is 2. The number of carbonyl (C=O) groups is 3. The predicted octanol–water partition coefficient (Wildman–Crippen LogP) is 0.955. The van der Waals surface area contributed by atoms with Crippen molar-refractivity contribution in [3.63, 3.8) is 0 Å². The van der Waals surface area contributed by atoms with Crippen molar-refractivity contribution in [2.45, 2.75) is 18.9 Å². The lowest BCUT2D eigenvalue weighted by Crippen LogP contribution is -2.33. The summed E-state index contributed by atoms with van der Waals surface area (Å²) in [5.74, 6) is -0.571. The van der Waals surface area contributed by atoms with Crippen LogP contribution in [-0.2, 0) is 28.6 Å². The lowest BCUT2D eigenvalue weighted by atomic mass is 10.3. The lowest BCUT2D eigenvalue weighted by Gasteiger charge is -2.18. The van der Waals surface area contributed by atoms with E-state index in [0.29, 0.717) is 0 Å². The van der Waals surface area contributed by atoms with Gasteiger partial charge < -0.3 is 19.5 Å². The average molecular weight is 339 g/mol. The van der Waals surface area contributed by atoms with Crippen LogP contribution in [0.15, 0.2) is 38.0 Å². The van der Waals surface area contributed by atoms with E-state index >= 15 is 0 Å². The second-order valence-electron chi connectivity index (χ2n) is 4.67. The molecule has 0 atom stereocenters. The third-order valence-corrected chi connectivity index (χ3v) is 2.80. The van der Waals surface area contributed by atoms with Crippen LogP contribution < -0.4 is 5.32 Å². The smallest absolute Gasteiger partial charge is 0.245 e. The third kappa shape index (κ3) is 12.5. The zero-order chi connectivity index (χ0) is 18.2. The molecule has 0 bridgehead atoms. The number of allylic oxidation sites excluding steroid dienone is 2. The van der Waals surface area contributed by atoms with E-state index < -0.39 is 6.10 Å². The fourth-order valence-electron chi connectivity index (χ4n) is 1.43. The van der Waals surface area contributed by atoms with Gasteiger partial charge in [-0.25, -0.2) is 0 Å². The average Bonchev–Trinajstić information content (AvgIpc) is 2.60. The molecule has 1 amide bonds. The summed E-state index contributed by atoms with van der Waals surface area (Å²) in [6, 6.07) is 0. The van der Waals surface area contributed by atoms with Crippen LogP contribution in [0.5, 0.6) is 0 Å². The fourth-order valence-corrected chi connectivity index (χ4v) is 1.43. The Kier molecular flexibility index (Phi) is 13.2. The van der Waals surface area contributed by atoms with Gasteiger partial charge in [0, 0.05) is 12.8 Å². The molecule has 0 aromatic carbocycles. The Bertz CT molecular complexity index is 418. The molecule has 0 saturated heterocycles. The Morgan fingerprint density at radius 1 is 0.875 bits per heavy atom. The SMILES string of the molecule is C=CC(=O)CCOCC(COCCC(=O)C=C)OCNC(=O)C=C. The zero-order valence-corrected chi connectivity index (χ0v) is 13.8. The minimum absolute atomic E-state index is 0.0284. The number of hydrogen-bond acceptors (Lipinski definition) is 6. The molecule has 7 heteroatoms. The summed E-state index contributed by atoms with van der Waals surface area (Å²) in [6.07, 6.45) is 3.63. The van der Waals surface area contributed by atoms with Crippen LogP contribution in [0.25, 0.3) is 0 Å². The van der Waals surface area contributed by atoms with Crippen molar-refractivity contribution in [3.05, 3.63) is 38.0 Å². The minimum atomic E-state index is -0.451. The van der Waals surface area contributed by atoms with Crippen molar-refractivity contribution in [1.82, 2.24) is 5.32 Å². The number of ether oxygens (including phenoxy) is 3. The summed E-state index contributed by atoms with van der Waals surface area (Å²) in [4.78, 5) is 33.2. The monoisotopic (exact) mass is 339 g/mol. The minimum Gasteiger partial charge on any atom is -0.378 e. The van der Waals surface area contributed by atoms with Gasteiger partial charge in [0.25, 0.3) is 0 Å². The molecule has 0 aliphatic rings. The van der Waals surface area contributed by atoms with Gasteiger partial charge in [0.1, 0.15) is 12.8 Å². The van der Waals surface area contributed by atoms with Gasteiger partial charge in [0.05, 0.1) is 26.4 Å².